The van der Waals surface area contributed by atoms with Gasteiger partial charge in [0.05, 0.1) is 16.5 Å². The van der Waals surface area contributed by atoms with E-state index in [2.05, 4.69) is 0 Å². The minimum absolute atomic E-state index is 0.0507. The monoisotopic (exact) mass is 498 g/mol. The molecule has 0 saturated carbocycles. The third-order valence-electron chi connectivity index (χ3n) is 6.33. The van der Waals surface area contributed by atoms with Crippen LogP contribution in [0.3, 0.4) is 0 Å². The van der Waals surface area contributed by atoms with Gasteiger partial charge in [-0.3, -0.25) is 9.00 Å². The molecule has 1 unspecified atom stereocenters. The van der Waals surface area contributed by atoms with Crippen molar-refractivity contribution in [3.63, 3.8) is 0 Å². The van der Waals surface area contributed by atoms with E-state index in [9.17, 15) is 22.0 Å². The number of carbonyl (C=O) groups excluding carboxylic acids is 1. The maximum atomic E-state index is 13.7. The van der Waals surface area contributed by atoms with Gasteiger partial charge in [-0.25, -0.2) is 16.7 Å². The Morgan fingerprint density at radius 3 is 2.38 bits per heavy atom. The van der Waals surface area contributed by atoms with Crippen LogP contribution in [-0.4, -0.2) is 44.3 Å². The maximum absolute atomic E-state index is 13.7. The van der Waals surface area contributed by atoms with Crippen molar-refractivity contribution >= 4 is 38.0 Å². The standard InChI is InChI=1S/C24H25N3O5S2/c1-16-3-5-20(6-4-16)34(31,32)27-22-15-21(18-8-11-26(12-9-18)33(29)30)17(2)13-19(22)14-23(27)24(28)7-10-25/h3-6,13-15,18H,7-9,11-12H2,1-2H3,(H,29,30)/p-1. The molecule has 0 amide bonds. The van der Waals surface area contributed by atoms with Gasteiger partial charge in [0.1, 0.15) is 12.1 Å². The molecule has 34 heavy (non-hydrogen) atoms. The van der Waals surface area contributed by atoms with Crippen LogP contribution in [0.4, 0.5) is 0 Å². The SMILES string of the molecule is Cc1ccc(S(=O)(=O)n2c(C(=O)CC#N)cc3cc(C)c(C4CCN(S(=O)[O-])CC4)cc32)cc1. The first-order valence-electron chi connectivity index (χ1n) is 10.9. The molecule has 1 saturated heterocycles. The molecule has 2 heterocycles. The van der Waals surface area contributed by atoms with E-state index in [4.69, 9.17) is 5.26 Å². The first kappa shape index (κ1) is 24.3. The Bertz CT molecular complexity index is 1430. The molecule has 1 fully saturated rings. The number of hydrogen-bond donors (Lipinski definition) is 0. The summed E-state index contributed by atoms with van der Waals surface area (Å²) in [5.41, 5.74) is 3.10. The second-order valence-electron chi connectivity index (χ2n) is 8.56. The summed E-state index contributed by atoms with van der Waals surface area (Å²) in [5.74, 6) is -0.507. The average molecular weight is 499 g/mol. The van der Waals surface area contributed by atoms with Crippen LogP contribution in [0.25, 0.3) is 10.9 Å². The summed E-state index contributed by atoms with van der Waals surface area (Å²) < 4.78 is 52.4. The summed E-state index contributed by atoms with van der Waals surface area (Å²) in [4.78, 5) is 12.8. The highest BCUT2D eigenvalue weighted by Crippen LogP contribution is 2.35. The Hall–Kier alpha value is -2.84. The van der Waals surface area contributed by atoms with Gasteiger partial charge >= 0.3 is 0 Å². The second kappa shape index (κ2) is 9.43. The van der Waals surface area contributed by atoms with Crippen molar-refractivity contribution in [1.29, 1.82) is 5.26 Å². The van der Waals surface area contributed by atoms with Crippen LogP contribution in [0, 0.1) is 25.2 Å². The number of ketones is 1. The van der Waals surface area contributed by atoms with E-state index >= 15 is 0 Å². The van der Waals surface area contributed by atoms with E-state index < -0.39 is 33.5 Å². The van der Waals surface area contributed by atoms with Gasteiger partial charge in [0.15, 0.2) is 5.78 Å². The van der Waals surface area contributed by atoms with Crippen molar-refractivity contribution in [3.8, 4) is 6.07 Å². The Labute approximate surface area is 201 Å². The molecule has 4 rings (SSSR count). The number of Topliss-reactive ketones (excluding diaryl/α,β-unsaturated/α-hetero) is 1. The Morgan fingerprint density at radius 1 is 1.15 bits per heavy atom. The quantitative estimate of drug-likeness (QED) is 0.378. The first-order valence-corrected chi connectivity index (χ1v) is 13.3. The van der Waals surface area contributed by atoms with E-state index in [-0.39, 0.29) is 16.5 Å². The second-order valence-corrected chi connectivity index (χ2v) is 11.3. The molecule has 1 aromatic heterocycles. The van der Waals surface area contributed by atoms with Gasteiger partial charge in [0, 0.05) is 29.7 Å². The molecular weight excluding hydrogens is 474 g/mol. The third-order valence-corrected chi connectivity index (χ3v) is 8.86. The molecule has 0 aliphatic carbocycles. The molecule has 8 nitrogen and oxygen atoms in total. The van der Waals surface area contributed by atoms with Crippen molar-refractivity contribution in [3.05, 3.63) is 64.8 Å². The zero-order valence-corrected chi connectivity index (χ0v) is 20.5. The highest BCUT2D eigenvalue weighted by molar-refractivity contribution is 7.90. The summed E-state index contributed by atoms with van der Waals surface area (Å²) in [6.07, 6.45) is 0.800. The van der Waals surface area contributed by atoms with Gasteiger partial charge in [-0.2, -0.15) is 5.26 Å². The molecular formula is C24H24N3O5S2-. The summed E-state index contributed by atoms with van der Waals surface area (Å²) in [7, 11) is -4.12. The van der Waals surface area contributed by atoms with Gasteiger partial charge < -0.3 is 4.55 Å². The first-order chi connectivity index (χ1) is 16.1. The topological polar surface area (TPSA) is 123 Å². The lowest BCUT2D eigenvalue weighted by atomic mass is 9.87. The Kier molecular flexibility index (Phi) is 6.73. The third kappa shape index (κ3) is 4.44. The number of aromatic nitrogens is 1. The van der Waals surface area contributed by atoms with Crippen LogP contribution in [0.2, 0.25) is 0 Å². The Morgan fingerprint density at radius 2 is 1.79 bits per heavy atom. The molecule has 0 radical (unpaired) electrons. The van der Waals surface area contributed by atoms with Crippen LogP contribution in [-0.2, 0) is 21.3 Å². The van der Waals surface area contributed by atoms with Crippen LogP contribution >= 0.6 is 0 Å². The van der Waals surface area contributed by atoms with Gasteiger partial charge in [-0.05, 0) is 74.1 Å². The predicted octanol–water partition coefficient (Wildman–Crippen LogP) is 3.57. The highest BCUT2D eigenvalue weighted by atomic mass is 32.2. The summed E-state index contributed by atoms with van der Waals surface area (Å²) >= 11 is -2.26. The lowest BCUT2D eigenvalue weighted by Gasteiger charge is -2.33. The van der Waals surface area contributed by atoms with Gasteiger partial charge in [-0.15, -0.1) is 0 Å². The molecule has 0 spiro atoms. The smallest absolute Gasteiger partial charge is 0.268 e. The van der Waals surface area contributed by atoms with Crippen molar-refractivity contribution < 1.29 is 22.0 Å². The molecule has 1 aliphatic heterocycles. The number of piperidine rings is 1. The van der Waals surface area contributed by atoms with E-state index in [1.165, 1.54) is 22.5 Å². The number of aryl methyl sites for hydroxylation is 2. The normalized spacial score (nSPS) is 16.4. The fourth-order valence-corrected chi connectivity index (χ4v) is 6.58. The van der Waals surface area contributed by atoms with Crippen molar-refractivity contribution in [2.24, 2.45) is 0 Å². The summed E-state index contributed by atoms with van der Waals surface area (Å²) in [6, 6.07) is 13.4. The number of benzene rings is 2. The van der Waals surface area contributed by atoms with Crippen molar-refractivity contribution in [2.75, 3.05) is 13.1 Å². The van der Waals surface area contributed by atoms with Gasteiger partial charge in [0.2, 0.25) is 0 Å². The van der Waals surface area contributed by atoms with Crippen LogP contribution < -0.4 is 0 Å². The largest absolute Gasteiger partial charge is 0.760 e. The van der Waals surface area contributed by atoms with E-state index in [0.717, 1.165) is 20.7 Å². The van der Waals surface area contributed by atoms with E-state index in [1.54, 1.807) is 18.2 Å². The van der Waals surface area contributed by atoms with Crippen LogP contribution in [0.15, 0.2) is 47.4 Å². The van der Waals surface area contributed by atoms with Crippen LogP contribution in [0.5, 0.6) is 0 Å². The number of nitriles is 1. The molecule has 178 valence electrons. The number of carbonyl (C=O) groups is 1. The zero-order valence-electron chi connectivity index (χ0n) is 18.9. The summed E-state index contributed by atoms with van der Waals surface area (Å²) in [6.45, 7) is 4.57. The predicted molar refractivity (Wildman–Crippen MR) is 127 cm³/mol. The number of fused-ring (bicyclic) bond motifs is 1. The number of hydrogen-bond acceptors (Lipinski definition) is 6. The van der Waals surface area contributed by atoms with Crippen molar-refractivity contribution in [1.82, 2.24) is 8.28 Å². The zero-order chi connectivity index (χ0) is 24.6. The molecule has 1 atom stereocenters. The Balaban J connectivity index is 1.89. The van der Waals surface area contributed by atoms with E-state index in [0.29, 0.717) is 36.8 Å². The van der Waals surface area contributed by atoms with Crippen LogP contribution in [0.1, 0.15) is 52.4 Å². The minimum atomic E-state index is -4.12. The fourth-order valence-electron chi connectivity index (χ4n) is 4.55. The minimum Gasteiger partial charge on any atom is -0.760 e. The average Bonchev–Trinajstić information content (AvgIpc) is 3.18. The molecule has 0 N–H and O–H groups in total. The number of rotatable bonds is 6. The maximum Gasteiger partial charge on any atom is 0.268 e. The lowest BCUT2D eigenvalue weighted by molar-refractivity contribution is 0.0992. The highest BCUT2D eigenvalue weighted by Gasteiger charge is 2.28. The van der Waals surface area contributed by atoms with E-state index in [1.807, 2.05) is 26.0 Å². The van der Waals surface area contributed by atoms with Gasteiger partial charge in [-0.1, -0.05) is 17.7 Å². The lowest BCUT2D eigenvalue weighted by Crippen LogP contribution is -2.34. The molecule has 10 heteroatoms. The molecule has 1 aliphatic rings. The summed E-state index contributed by atoms with van der Waals surface area (Å²) in [5, 5.41) is 9.65. The molecule has 0 bridgehead atoms. The van der Waals surface area contributed by atoms with Crippen molar-refractivity contribution in [2.45, 2.75) is 43.9 Å². The molecule has 2 aromatic carbocycles. The fraction of sp³-hybridized carbons (Fsp3) is 0.333. The molecule has 3 aromatic rings. The number of nitrogens with zero attached hydrogens (tertiary/aromatic N) is 3. The van der Waals surface area contributed by atoms with Gasteiger partial charge in [0.25, 0.3) is 10.0 Å².